The molecule has 2 heterocycles. The van der Waals surface area contributed by atoms with Gasteiger partial charge in [-0.15, -0.1) is 11.3 Å². The van der Waals surface area contributed by atoms with Crippen LogP contribution in [0.25, 0.3) is 11.3 Å². The largest absolute Gasteiger partial charge is 0.493 e. The summed E-state index contributed by atoms with van der Waals surface area (Å²) in [4.78, 5) is 16.8. The summed E-state index contributed by atoms with van der Waals surface area (Å²) in [6.07, 6.45) is 0.912. The molecule has 1 aromatic heterocycles. The molecule has 4 rings (SSSR count). The number of thiazole rings is 1. The van der Waals surface area contributed by atoms with Crippen LogP contribution < -0.4 is 10.1 Å². The highest BCUT2D eigenvalue weighted by molar-refractivity contribution is 7.14. The molecule has 1 aliphatic rings. The van der Waals surface area contributed by atoms with Crippen LogP contribution in [-0.4, -0.2) is 17.5 Å². The van der Waals surface area contributed by atoms with Gasteiger partial charge in [0.05, 0.1) is 23.9 Å². The second-order valence-corrected chi connectivity index (χ2v) is 6.46. The number of fused-ring (bicyclic) bond motifs is 1. The minimum absolute atomic E-state index is 0.243. The molecule has 2 aromatic carbocycles. The van der Waals surface area contributed by atoms with Crippen molar-refractivity contribution >= 4 is 22.4 Å². The van der Waals surface area contributed by atoms with Gasteiger partial charge in [0.1, 0.15) is 5.75 Å². The fraction of sp³-hybridized carbons (Fsp3) is 0.105. The summed E-state index contributed by atoms with van der Waals surface area (Å²) >= 11 is 1.38. The Morgan fingerprint density at radius 2 is 2.08 bits per heavy atom. The van der Waals surface area contributed by atoms with Gasteiger partial charge in [-0.3, -0.25) is 10.1 Å². The number of ether oxygens (including phenoxy) is 1. The van der Waals surface area contributed by atoms with Crippen molar-refractivity contribution in [3.8, 4) is 23.1 Å². The molecule has 0 unspecified atom stereocenters. The van der Waals surface area contributed by atoms with E-state index in [9.17, 15) is 4.79 Å². The smallest absolute Gasteiger partial charge is 0.257 e. The molecule has 0 saturated heterocycles. The SMILES string of the molecule is N#Cc1ccc(C(=O)Nc2nc(-c3ccc4c(c3)CCO4)cs2)cc1. The Morgan fingerprint density at radius 1 is 1.24 bits per heavy atom. The number of nitriles is 1. The molecule has 6 heteroatoms. The minimum Gasteiger partial charge on any atom is -0.493 e. The summed E-state index contributed by atoms with van der Waals surface area (Å²) in [7, 11) is 0. The number of nitrogens with one attached hydrogen (secondary N) is 1. The molecule has 0 spiro atoms. The normalized spacial score (nSPS) is 12.1. The first-order chi connectivity index (χ1) is 12.2. The second-order valence-electron chi connectivity index (χ2n) is 5.60. The van der Waals surface area contributed by atoms with Gasteiger partial charge >= 0.3 is 0 Å². The molecule has 5 nitrogen and oxygen atoms in total. The zero-order valence-corrected chi connectivity index (χ0v) is 14.0. The third-order valence-electron chi connectivity index (χ3n) is 3.99. The maximum atomic E-state index is 12.3. The van der Waals surface area contributed by atoms with Crippen LogP contribution in [0.15, 0.2) is 47.8 Å². The van der Waals surface area contributed by atoms with Gasteiger partial charge in [-0.05, 0) is 48.0 Å². The number of carbonyl (C=O) groups is 1. The van der Waals surface area contributed by atoms with Crippen molar-refractivity contribution in [3.63, 3.8) is 0 Å². The predicted molar refractivity (Wildman–Crippen MR) is 95.9 cm³/mol. The third kappa shape index (κ3) is 3.10. The summed E-state index contributed by atoms with van der Waals surface area (Å²) in [5.41, 5.74) is 4.04. The average Bonchev–Trinajstić information content (AvgIpc) is 3.30. The molecule has 1 amide bonds. The zero-order valence-electron chi connectivity index (χ0n) is 13.2. The Kier molecular flexibility index (Phi) is 3.92. The molecule has 3 aromatic rings. The maximum Gasteiger partial charge on any atom is 0.257 e. The summed E-state index contributed by atoms with van der Waals surface area (Å²) in [5.74, 6) is 0.695. The number of carbonyl (C=O) groups excluding carboxylic acids is 1. The average molecular weight is 347 g/mol. The first kappa shape index (κ1) is 15.4. The molecule has 0 fully saturated rings. The molecule has 0 saturated carbocycles. The van der Waals surface area contributed by atoms with Crippen LogP contribution >= 0.6 is 11.3 Å². The zero-order chi connectivity index (χ0) is 17.2. The van der Waals surface area contributed by atoms with Crippen LogP contribution in [0.1, 0.15) is 21.5 Å². The van der Waals surface area contributed by atoms with Crippen LogP contribution in [0.2, 0.25) is 0 Å². The monoisotopic (exact) mass is 347 g/mol. The van der Waals surface area contributed by atoms with E-state index >= 15 is 0 Å². The van der Waals surface area contributed by atoms with Gasteiger partial charge in [0, 0.05) is 22.9 Å². The van der Waals surface area contributed by atoms with E-state index in [1.54, 1.807) is 24.3 Å². The second kappa shape index (κ2) is 6.38. The van der Waals surface area contributed by atoms with E-state index < -0.39 is 0 Å². The summed E-state index contributed by atoms with van der Waals surface area (Å²) < 4.78 is 5.52. The third-order valence-corrected chi connectivity index (χ3v) is 4.74. The van der Waals surface area contributed by atoms with Crippen LogP contribution in [0.5, 0.6) is 5.75 Å². The molecule has 0 aliphatic carbocycles. The van der Waals surface area contributed by atoms with E-state index in [-0.39, 0.29) is 5.91 Å². The maximum absolute atomic E-state index is 12.3. The number of benzene rings is 2. The van der Waals surface area contributed by atoms with Crippen molar-refractivity contribution < 1.29 is 9.53 Å². The van der Waals surface area contributed by atoms with Gasteiger partial charge in [-0.1, -0.05) is 0 Å². The fourth-order valence-electron chi connectivity index (χ4n) is 2.68. The molecule has 1 N–H and O–H groups in total. The molecular weight excluding hydrogens is 334 g/mol. The van der Waals surface area contributed by atoms with E-state index in [1.807, 2.05) is 23.6 Å². The lowest BCUT2D eigenvalue weighted by molar-refractivity contribution is 0.102. The number of amides is 1. The molecule has 122 valence electrons. The topological polar surface area (TPSA) is 75.0 Å². The number of rotatable bonds is 3. The summed E-state index contributed by atoms with van der Waals surface area (Å²) in [5, 5.41) is 14.1. The van der Waals surface area contributed by atoms with E-state index in [4.69, 9.17) is 10.00 Å². The van der Waals surface area contributed by atoms with Gasteiger partial charge in [0.2, 0.25) is 0 Å². The molecule has 0 bridgehead atoms. The first-order valence-electron chi connectivity index (χ1n) is 7.76. The van der Waals surface area contributed by atoms with E-state index in [0.29, 0.717) is 16.3 Å². The van der Waals surface area contributed by atoms with Crippen molar-refractivity contribution in [2.45, 2.75) is 6.42 Å². The number of aromatic nitrogens is 1. The Hall–Kier alpha value is -3.17. The van der Waals surface area contributed by atoms with Gasteiger partial charge in [0.15, 0.2) is 5.13 Å². The Morgan fingerprint density at radius 3 is 2.88 bits per heavy atom. The Bertz CT molecular complexity index is 987. The lowest BCUT2D eigenvalue weighted by Gasteiger charge is -2.02. The van der Waals surface area contributed by atoms with Gasteiger partial charge in [-0.2, -0.15) is 5.26 Å². The first-order valence-corrected chi connectivity index (χ1v) is 8.64. The highest BCUT2D eigenvalue weighted by Crippen LogP contribution is 2.32. The van der Waals surface area contributed by atoms with Gasteiger partial charge in [-0.25, -0.2) is 4.98 Å². The van der Waals surface area contributed by atoms with Crippen molar-refractivity contribution in [1.82, 2.24) is 4.98 Å². The highest BCUT2D eigenvalue weighted by Gasteiger charge is 2.15. The van der Waals surface area contributed by atoms with Crippen molar-refractivity contribution in [1.29, 1.82) is 5.26 Å². The lowest BCUT2D eigenvalue weighted by Crippen LogP contribution is -2.11. The standard InChI is InChI=1S/C19H13N3O2S/c20-10-12-1-3-13(4-2-12)18(23)22-19-21-16(11-25-19)14-5-6-17-15(9-14)7-8-24-17/h1-6,9,11H,7-8H2,(H,21,22,23). The number of hydrogen-bond donors (Lipinski definition) is 1. The summed E-state index contributed by atoms with van der Waals surface area (Å²) in [6, 6.07) is 14.6. The Balaban J connectivity index is 1.51. The van der Waals surface area contributed by atoms with Gasteiger partial charge in [0.25, 0.3) is 5.91 Å². The van der Waals surface area contributed by atoms with Crippen LogP contribution in [0.4, 0.5) is 5.13 Å². The van der Waals surface area contributed by atoms with E-state index in [1.165, 1.54) is 16.9 Å². The minimum atomic E-state index is -0.243. The lowest BCUT2D eigenvalue weighted by atomic mass is 10.1. The highest BCUT2D eigenvalue weighted by atomic mass is 32.1. The van der Waals surface area contributed by atoms with Gasteiger partial charge < -0.3 is 4.74 Å². The van der Waals surface area contributed by atoms with Crippen molar-refractivity contribution in [2.75, 3.05) is 11.9 Å². The fourth-order valence-corrected chi connectivity index (χ4v) is 3.39. The van der Waals surface area contributed by atoms with Crippen LogP contribution in [0, 0.1) is 11.3 Å². The molecular formula is C19H13N3O2S. The van der Waals surface area contributed by atoms with E-state index in [0.717, 1.165) is 30.0 Å². The molecule has 1 aliphatic heterocycles. The summed E-state index contributed by atoms with van der Waals surface area (Å²) in [6.45, 7) is 0.724. The number of hydrogen-bond acceptors (Lipinski definition) is 5. The molecule has 25 heavy (non-hydrogen) atoms. The van der Waals surface area contributed by atoms with Crippen LogP contribution in [0.3, 0.4) is 0 Å². The number of nitrogens with zero attached hydrogens (tertiary/aromatic N) is 2. The quantitative estimate of drug-likeness (QED) is 0.780. The molecule has 0 atom stereocenters. The molecule has 0 radical (unpaired) electrons. The van der Waals surface area contributed by atoms with E-state index in [2.05, 4.69) is 16.4 Å². The number of anilines is 1. The van der Waals surface area contributed by atoms with Crippen molar-refractivity contribution in [2.24, 2.45) is 0 Å². The Labute approximate surface area is 148 Å². The van der Waals surface area contributed by atoms with Crippen LogP contribution in [-0.2, 0) is 6.42 Å². The predicted octanol–water partition coefficient (Wildman–Crippen LogP) is 3.87. The van der Waals surface area contributed by atoms with Crippen molar-refractivity contribution in [3.05, 3.63) is 64.5 Å².